The molecule has 1 N–H and O–H groups in total. The summed E-state index contributed by atoms with van der Waals surface area (Å²) < 4.78 is 5.25. The van der Waals surface area contributed by atoms with Gasteiger partial charge in [0, 0.05) is 19.3 Å². The molecule has 2 heterocycles. The molecule has 1 unspecified atom stereocenters. The number of pyridine rings is 1. The van der Waals surface area contributed by atoms with Crippen molar-refractivity contribution in [2.45, 2.75) is 6.42 Å². The third-order valence-electron chi connectivity index (χ3n) is 3.04. The Balaban J connectivity index is 1.89. The second-order valence-corrected chi connectivity index (χ2v) is 4.35. The highest BCUT2D eigenvalue weighted by Gasteiger charge is 2.19. The molecule has 0 aromatic carbocycles. The summed E-state index contributed by atoms with van der Waals surface area (Å²) >= 11 is 0. The summed E-state index contributed by atoms with van der Waals surface area (Å²) in [4.78, 5) is 6.64. The number of likely N-dealkylation sites (tertiary alicyclic amines) is 1. The quantitative estimate of drug-likeness (QED) is 0.835. The maximum absolute atomic E-state index is 5.25. The molecule has 1 aliphatic heterocycles. The van der Waals surface area contributed by atoms with Gasteiger partial charge in [0.2, 0.25) is 0 Å². The Kier molecular flexibility index (Phi) is 3.62. The van der Waals surface area contributed by atoms with Crippen LogP contribution in [0.2, 0.25) is 0 Å². The Morgan fingerprint density at radius 2 is 2.50 bits per heavy atom. The van der Waals surface area contributed by atoms with Crippen molar-refractivity contribution in [1.29, 1.82) is 0 Å². The number of hydrogen-bond acceptors (Lipinski definition) is 4. The monoisotopic (exact) mass is 221 g/mol. The van der Waals surface area contributed by atoms with E-state index >= 15 is 0 Å². The molecule has 0 amide bonds. The zero-order chi connectivity index (χ0) is 11.4. The zero-order valence-corrected chi connectivity index (χ0v) is 9.94. The predicted molar refractivity (Wildman–Crippen MR) is 64.9 cm³/mol. The standard InChI is InChI=1S/C12H19N3O/c1-15-7-5-10(9-15)8-14-12-11(16-2)4-3-6-13-12/h3-4,6,10H,5,7-9H2,1-2H3,(H,13,14). The summed E-state index contributed by atoms with van der Waals surface area (Å²) in [5.74, 6) is 2.38. The number of aromatic nitrogens is 1. The Bertz CT molecular complexity index is 343. The van der Waals surface area contributed by atoms with Gasteiger partial charge < -0.3 is 15.0 Å². The Labute approximate surface area is 96.6 Å². The fourth-order valence-corrected chi connectivity index (χ4v) is 2.12. The van der Waals surface area contributed by atoms with E-state index in [0.29, 0.717) is 0 Å². The normalized spacial score (nSPS) is 21.0. The lowest BCUT2D eigenvalue weighted by Gasteiger charge is -2.13. The van der Waals surface area contributed by atoms with E-state index in [4.69, 9.17) is 4.74 Å². The van der Waals surface area contributed by atoms with Gasteiger partial charge in [0.25, 0.3) is 0 Å². The molecule has 0 aliphatic carbocycles. The molecule has 4 heteroatoms. The van der Waals surface area contributed by atoms with Gasteiger partial charge in [-0.05, 0) is 38.1 Å². The molecular weight excluding hydrogens is 202 g/mol. The van der Waals surface area contributed by atoms with Gasteiger partial charge in [-0.1, -0.05) is 0 Å². The molecule has 1 aromatic heterocycles. The van der Waals surface area contributed by atoms with E-state index in [-0.39, 0.29) is 0 Å². The van der Waals surface area contributed by atoms with E-state index in [0.717, 1.165) is 24.0 Å². The molecule has 1 aromatic rings. The van der Waals surface area contributed by atoms with E-state index < -0.39 is 0 Å². The highest BCUT2D eigenvalue weighted by Crippen LogP contribution is 2.21. The third-order valence-corrected chi connectivity index (χ3v) is 3.04. The second kappa shape index (κ2) is 5.16. The van der Waals surface area contributed by atoms with Crippen LogP contribution in [0.1, 0.15) is 6.42 Å². The van der Waals surface area contributed by atoms with Crippen LogP contribution in [-0.2, 0) is 0 Å². The lowest BCUT2D eigenvalue weighted by Crippen LogP contribution is -2.19. The van der Waals surface area contributed by atoms with E-state index in [1.54, 1.807) is 13.3 Å². The molecule has 88 valence electrons. The predicted octanol–water partition coefficient (Wildman–Crippen LogP) is 1.45. The number of nitrogens with zero attached hydrogens (tertiary/aromatic N) is 2. The van der Waals surface area contributed by atoms with Crippen LogP contribution in [0.4, 0.5) is 5.82 Å². The first-order chi connectivity index (χ1) is 7.79. The van der Waals surface area contributed by atoms with Crippen LogP contribution in [0.15, 0.2) is 18.3 Å². The Morgan fingerprint density at radius 1 is 1.62 bits per heavy atom. The molecule has 0 bridgehead atoms. The first-order valence-corrected chi connectivity index (χ1v) is 5.71. The maximum Gasteiger partial charge on any atom is 0.168 e. The molecule has 4 nitrogen and oxygen atoms in total. The van der Waals surface area contributed by atoms with E-state index in [1.165, 1.54) is 19.5 Å². The molecule has 2 rings (SSSR count). The van der Waals surface area contributed by atoms with Crippen molar-refractivity contribution < 1.29 is 4.74 Å². The van der Waals surface area contributed by atoms with Crippen molar-refractivity contribution in [2.24, 2.45) is 5.92 Å². The minimum absolute atomic E-state index is 0.719. The smallest absolute Gasteiger partial charge is 0.168 e. The van der Waals surface area contributed by atoms with Crippen molar-refractivity contribution in [3.63, 3.8) is 0 Å². The van der Waals surface area contributed by atoms with Crippen LogP contribution in [0.3, 0.4) is 0 Å². The van der Waals surface area contributed by atoms with Crippen molar-refractivity contribution in [2.75, 3.05) is 39.1 Å². The first kappa shape index (κ1) is 11.2. The summed E-state index contributed by atoms with van der Waals surface area (Å²) in [5, 5.41) is 3.36. The average molecular weight is 221 g/mol. The van der Waals surface area contributed by atoms with Crippen LogP contribution in [0.5, 0.6) is 5.75 Å². The summed E-state index contributed by atoms with van der Waals surface area (Å²) in [7, 11) is 3.84. The summed E-state index contributed by atoms with van der Waals surface area (Å²) in [6.07, 6.45) is 3.05. The van der Waals surface area contributed by atoms with Crippen LogP contribution in [0, 0.1) is 5.92 Å². The van der Waals surface area contributed by atoms with E-state index in [2.05, 4.69) is 22.2 Å². The maximum atomic E-state index is 5.25. The number of anilines is 1. The van der Waals surface area contributed by atoms with Crippen LogP contribution in [0.25, 0.3) is 0 Å². The van der Waals surface area contributed by atoms with Gasteiger partial charge in [-0.25, -0.2) is 4.98 Å². The molecule has 1 atom stereocenters. The van der Waals surface area contributed by atoms with Crippen LogP contribution >= 0.6 is 0 Å². The number of hydrogen-bond donors (Lipinski definition) is 1. The fourth-order valence-electron chi connectivity index (χ4n) is 2.12. The van der Waals surface area contributed by atoms with E-state index in [1.807, 2.05) is 12.1 Å². The molecule has 1 saturated heterocycles. The number of nitrogens with one attached hydrogen (secondary N) is 1. The number of ether oxygens (including phenoxy) is 1. The zero-order valence-electron chi connectivity index (χ0n) is 9.94. The second-order valence-electron chi connectivity index (χ2n) is 4.35. The minimum Gasteiger partial charge on any atom is -0.493 e. The van der Waals surface area contributed by atoms with Gasteiger partial charge in [-0.3, -0.25) is 0 Å². The highest BCUT2D eigenvalue weighted by atomic mass is 16.5. The number of methoxy groups -OCH3 is 1. The van der Waals surface area contributed by atoms with Crippen molar-refractivity contribution >= 4 is 5.82 Å². The Morgan fingerprint density at radius 3 is 3.19 bits per heavy atom. The topological polar surface area (TPSA) is 37.4 Å². The molecule has 0 radical (unpaired) electrons. The molecular formula is C12H19N3O. The minimum atomic E-state index is 0.719. The number of rotatable bonds is 4. The summed E-state index contributed by atoms with van der Waals surface area (Å²) in [6.45, 7) is 3.34. The molecule has 16 heavy (non-hydrogen) atoms. The largest absolute Gasteiger partial charge is 0.493 e. The average Bonchev–Trinajstić information content (AvgIpc) is 2.73. The molecule has 0 saturated carbocycles. The van der Waals surface area contributed by atoms with Gasteiger partial charge in [0.1, 0.15) is 0 Å². The fraction of sp³-hybridized carbons (Fsp3) is 0.583. The van der Waals surface area contributed by atoms with Crippen molar-refractivity contribution in [1.82, 2.24) is 9.88 Å². The third kappa shape index (κ3) is 2.64. The summed E-state index contributed by atoms with van der Waals surface area (Å²) in [5.41, 5.74) is 0. The SMILES string of the molecule is COc1cccnc1NCC1CCN(C)C1. The van der Waals surface area contributed by atoms with E-state index in [9.17, 15) is 0 Å². The first-order valence-electron chi connectivity index (χ1n) is 5.71. The lowest BCUT2D eigenvalue weighted by atomic mass is 10.1. The Hall–Kier alpha value is -1.29. The van der Waals surface area contributed by atoms with Gasteiger partial charge in [-0.2, -0.15) is 0 Å². The van der Waals surface area contributed by atoms with Crippen molar-refractivity contribution in [3.8, 4) is 5.75 Å². The molecule has 1 fully saturated rings. The van der Waals surface area contributed by atoms with Crippen LogP contribution < -0.4 is 10.1 Å². The molecule has 0 spiro atoms. The van der Waals surface area contributed by atoms with Crippen LogP contribution in [-0.4, -0.2) is 43.7 Å². The van der Waals surface area contributed by atoms with Gasteiger partial charge in [-0.15, -0.1) is 0 Å². The lowest BCUT2D eigenvalue weighted by molar-refractivity contribution is 0.398. The van der Waals surface area contributed by atoms with Gasteiger partial charge in [0.05, 0.1) is 7.11 Å². The van der Waals surface area contributed by atoms with Crippen molar-refractivity contribution in [3.05, 3.63) is 18.3 Å². The highest BCUT2D eigenvalue weighted by molar-refractivity contribution is 5.49. The van der Waals surface area contributed by atoms with Gasteiger partial charge in [0.15, 0.2) is 11.6 Å². The summed E-state index contributed by atoms with van der Waals surface area (Å²) in [6, 6.07) is 3.81. The molecule has 1 aliphatic rings. The van der Waals surface area contributed by atoms with Gasteiger partial charge >= 0.3 is 0 Å².